The molecule has 1 unspecified atom stereocenters. The monoisotopic (exact) mass is 218 g/mol. The van der Waals surface area contributed by atoms with Crippen LogP contribution in [-0.2, 0) is 14.3 Å². The van der Waals surface area contributed by atoms with Crippen LogP contribution in [0.2, 0.25) is 0 Å². The summed E-state index contributed by atoms with van der Waals surface area (Å²) in [4.78, 5) is 11.4. The molecule has 0 fully saturated rings. The van der Waals surface area contributed by atoms with Gasteiger partial charge in [0.15, 0.2) is 0 Å². The summed E-state index contributed by atoms with van der Waals surface area (Å²) in [6, 6.07) is 9.73. The van der Waals surface area contributed by atoms with Crippen LogP contribution < -0.4 is 0 Å². The number of hydrogen-bond donors (Lipinski definition) is 0. The van der Waals surface area contributed by atoms with E-state index in [2.05, 4.69) is 0 Å². The van der Waals surface area contributed by atoms with Crippen molar-refractivity contribution >= 4 is 5.97 Å². The second kappa shape index (κ2) is 5.47. The maximum Gasteiger partial charge on any atom is 0.309 e. The fraction of sp³-hybridized carbons (Fsp3) is 0.308. The molecule has 1 aromatic carbocycles. The van der Waals surface area contributed by atoms with E-state index in [4.69, 9.17) is 9.47 Å². The third-order valence-electron chi connectivity index (χ3n) is 2.42. The molecule has 3 nitrogen and oxygen atoms in total. The Bertz CT molecular complexity index is 370. The molecule has 0 amide bonds. The molecule has 16 heavy (non-hydrogen) atoms. The standard InChI is InChI=1S/C13H14O3/c14-13-10-12(11-6-2-1-3-7-11)15-8-4-5-9-16-13/h1-7,12H,8-10H2/b5-4-. The van der Waals surface area contributed by atoms with Gasteiger partial charge < -0.3 is 9.47 Å². The summed E-state index contributed by atoms with van der Waals surface area (Å²) in [5.74, 6) is -0.222. The number of benzene rings is 1. The summed E-state index contributed by atoms with van der Waals surface area (Å²) in [7, 11) is 0. The predicted octanol–water partition coefficient (Wildman–Crippen LogP) is 2.25. The summed E-state index contributed by atoms with van der Waals surface area (Å²) >= 11 is 0. The van der Waals surface area contributed by atoms with Gasteiger partial charge in [0.2, 0.25) is 0 Å². The van der Waals surface area contributed by atoms with E-state index >= 15 is 0 Å². The lowest BCUT2D eigenvalue weighted by Crippen LogP contribution is -2.12. The SMILES string of the molecule is O=C1CC(c2ccccc2)OC/C=C\CO1. The molecule has 1 aromatic rings. The molecule has 84 valence electrons. The zero-order chi connectivity index (χ0) is 11.2. The lowest BCUT2D eigenvalue weighted by Gasteiger charge is -2.15. The van der Waals surface area contributed by atoms with Crippen LogP contribution in [0.15, 0.2) is 42.5 Å². The molecular weight excluding hydrogens is 204 g/mol. The van der Waals surface area contributed by atoms with Gasteiger partial charge in [-0.2, -0.15) is 0 Å². The third kappa shape index (κ3) is 2.94. The van der Waals surface area contributed by atoms with Crippen molar-refractivity contribution in [3.8, 4) is 0 Å². The molecule has 0 N–H and O–H groups in total. The normalized spacial score (nSPS) is 23.8. The van der Waals surface area contributed by atoms with Crippen molar-refractivity contribution in [2.24, 2.45) is 0 Å². The van der Waals surface area contributed by atoms with E-state index in [9.17, 15) is 4.79 Å². The summed E-state index contributed by atoms with van der Waals surface area (Å²) in [5.41, 5.74) is 1.01. The van der Waals surface area contributed by atoms with Crippen LogP contribution in [0.5, 0.6) is 0 Å². The van der Waals surface area contributed by atoms with Crippen LogP contribution in [0.4, 0.5) is 0 Å². The van der Waals surface area contributed by atoms with E-state index in [1.165, 1.54) is 0 Å². The molecule has 1 heterocycles. The zero-order valence-electron chi connectivity index (χ0n) is 8.96. The van der Waals surface area contributed by atoms with Crippen molar-refractivity contribution in [3.05, 3.63) is 48.0 Å². The molecule has 0 bridgehead atoms. The van der Waals surface area contributed by atoms with Crippen LogP contribution in [0.1, 0.15) is 18.1 Å². The second-order valence-electron chi connectivity index (χ2n) is 3.59. The van der Waals surface area contributed by atoms with Crippen LogP contribution in [0, 0.1) is 0 Å². The number of carbonyl (C=O) groups is 1. The third-order valence-corrected chi connectivity index (χ3v) is 2.42. The van der Waals surface area contributed by atoms with E-state index in [0.29, 0.717) is 13.2 Å². The molecule has 3 heteroatoms. The van der Waals surface area contributed by atoms with Gasteiger partial charge in [-0.3, -0.25) is 4.79 Å². The molecule has 0 radical (unpaired) electrons. The molecule has 0 saturated carbocycles. The number of cyclic esters (lactones) is 1. The van der Waals surface area contributed by atoms with E-state index in [-0.39, 0.29) is 18.5 Å². The first-order valence-electron chi connectivity index (χ1n) is 5.33. The van der Waals surface area contributed by atoms with Gasteiger partial charge in [-0.05, 0) is 11.6 Å². The van der Waals surface area contributed by atoms with Crippen LogP contribution in [-0.4, -0.2) is 19.2 Å². The Balaban J connectivity index is 2.12. The Morgan fingerprint density at radius 3 is 2.62 bits per heavy atom. The lowest BCUT2D eigenvalue weighted by molar-refractivity contribution is -0.145. The minimum absolute atomic E-state index is 0.212. The molecule has 0 aromatic heterocycles. The highest BCUT2D eigenvalue weighted by Crippen LogP contribution is 2.22. The largest absolute Gasteiger partial charge is 0.461 e. The van der Waals surface area contributed by atoms with Crippen molar-refractivity contribution < 1.29 is 14.3 Å². The average Bonchev–Trinajstić information content (AvgIpc) is 2.42. The van der Waals surface area contributed by atoms with Gasteiger partial charge in [0.05, 0.1) is 19.1 Å². The Labute approximate surface area is 94.7 Å². The Morgan fingerprint density at radius 2 is 1.81 bits per heavy atom. The molecule has 1 aliphatic heterocycles. The van der Waals surface area contributed by atoms with E-state index < -0.39 is 0 Å². The number of rotatable bonds is 1. The zero-order valence-corrected chi connectivity index (χ0v) is 8.96. The van der Waals surface area contributed by atoms with Gasteiger partial charge in [-0.1, -0.05) is 36.4 Å². The van der Waals surface area contributed by atoms with Gasteiger partial charge in [0.25, 0.3) is 0 Å². The first kappa shape index (κ1) is 10.9. The summed E-state index contributed by atoms with van der Waals surface area (Å²) in [5, 5.41) is 0. The first-order chi connectivity index (χ1) is 7.86. The van der Waals surface area contributed by atoms with Crippen molar-refractivity contribution in [2.45, 2.75) is 12.5 Å². The van der Waals surface area contributed by atoms with E-state index in [1.54, 1.807) is 6.08 Å². The maximum absolute atomic E-state index is 11.4. The average molecular weight is 218 g/mol. The Kier molecular flexibility index (Phi) is 3.72. The van der Waals surface area contributed by atoms with E-state index in [0.717, 1.165) is 5.56 Å². The molecule has 0 aliphatic carbocycles. The fourth-order valence-electron chi connectivity index (χ4n) is 1.60. The van der Waals surface area contributed by atoms with Crippen molar-refractivity contribution in [1.29, 1.82) is 0 Å². The molecular formula is C13H14O3. The van der Waals surface area contributed by atoms with Crippen LogP contribution in [0.25, 0.3) is 0 Å². The summed E-state index contributed by atoms with van der Waals surface area (Å²) < 4.78 is 10.6. The molecule has 2 rings (SSSR count). The molecule has 1 atom stereocenters. The van der Waals surface area contributed by atoms with Crippen LogP contribution in [0.3, 0.4) is 0 Å². The topological polar surface area (TPSA) is 35.5 Å². The van der Waals surface area contributed by atoms with Gasteiger partial charge in [-0.25, -0.2) is 0 Å². The number of ether oxygens (including phenoxy) is 2. The minimum Gasteiger partial charge on any atom is -0.461 e. The maximum atomic E-state index is 11.4. The molecule has 0 spiro atoms. The molecule has 0 saturated heterocycles. The van der Waals surface area contributed by atoms with E-state index in [1.807, 2.05) is 36.4 Å². The Hall–Kier alpha value is -1.61. The van der Waals surface area contributed by atoms with Gasteiger partial charge >= 0.3 is 5.97 Å². The van der Waals surface area contributed by atoms with Crippen molar-refractivity contribution in [1.82, 2.24) is 0 Å². The molecule has 1 aliphatic rings. The first-order valence-corrected chi connectivity index (χ1v) is 5.33. The van der Waals surface area contributed by atoms with Gasteiger partial charge in [0.1, 0.15) is 6.61 Å². The minimum atomic E-state index is -0.222. The number of hydrogen-bond acceptors (Lipinski definition) is 3. The van der Waals surface area contributed by atoms with Crippen molar-refractivity contribution in [3.63, 3.8) is 0 Å². The number of esters is 1. The lowest BCUT2D eigenvalue weighted by atomic mass is 10.1. The highest BCUT2D eigenvalue weighted by Gasteiger charge is 2.17. The summed E-state index contributed by atoms with van der Waals surface area (Å²) in [6.45, 7) is 0.847. The fourth-order valence-corrected chi connectivity index (χ4v) is 1.60. The van der Waals surface area contributed by atoms with Crippen molar-refractivity contribution in [2.75, 3.05) is 13.2 Å². The van der Waals surface area contributed by atoms with Gasteiger partial charge in [0, 0.05) is 0 Å². The Morgan fingerprint density at radius 1 is 1.06 bits per heavy atom. The quantitative estimate of drug-likeness (QED) is 0.535. The predicted molar refractivity (Wildman–Crippen MR) is 59.9 cm³/mol. The highest BCUT2D eigenvalue weighted by molar-refractivity contribution is 5.70. The van der Waals surface area contributed by atoms with Gasteiger partial charge in [-0.15, -0.1) is 0 Å². The smallest absolute Gasteiger partial charge is 0.309 e. The van der Waals surface area contributed by atoms with Crippen LogP contribution >= 0.6 is 0 Å². The highest BCUT2D eigenvalue weighted by atomic mass is 16.5. The number of carbonyl (C=O) groups excluding carboxylic acids is 1. The summed E-state index contributed by atoms with van der Waals surface area (Å²) in [6.07, 6.45) is 3.72. The second-order valence-corrected chi connectivity index (χ2v) is 3.59.